The number of para-hydroxylation sites is 2. The quantitative estimate of drug-likeness (QED) is 0.563. The molecule has 0 unspecified atom stereocenters. The third-order valence-corrected chi connectivity index (χ3v) is 2.15. The molecule has 2 rings (SSSR count). The molecule has 6 heteroatoms. The fraction of sp³-hybridized carbons (Fsp3) is 0. The molecule has 2 N–H and O–H groups in total. The number of hydrogen-bond donors (Lipinski definition) is 2. The van der Waals surface area contributed by atoms with Gasteiger partial charge in [0.2, 0.25) is 0 Å². The van der Waals surface area contributed by atoms with Crippen molar-refractivity contribution in [2.24, 2.45) is 0 Å². The van der Waals surface area contributed by atoms with Gasteiger partial charge in [-0.2, -0.15) is 12.4 Å². The zero-order valence-corrected chi connectivity index (χ0v) is 17.4. The van der Waals surface area contributed by atoms with Crippen molar-refractivity contribution in [3.63, 3.8) is 0 Å². The van der Waals surface area contributed by atoms with E-state index in [9.17, 15) is 0 Å². The summed E-state index contributed by atoms with van der Waals surface area (Å²) in [5, 5.41) is 34.7. The topological polar surface area (TPSA) is 85.1 Å². The van der Waals surface area contributed by atoms with Crippen LogP contribution in [0.5, 0.6) is 11.5 Å². The van der Waals surface area contributed by atoms with Gasteiger partial charge in [0, 0.05) is 65.4 Å². The van der Waals surface area contributed by atoms with Gasteiger partial charge in [-0.3, -0.25) is 0 Å². The van der Waals surface area contributed by atoms with Crippen LogP contribution in [0.1, 0.15) is 11.1 Å². The summed E-state index contributed by atoms with van der Waals surface area (Å²) in [6.45, 7) is 0. The SMILES string of the molecule is [CH3-].[N-]=Cc1ccccc1O.[N-]=Cc1ccccc1O.[Y].[Y]. The first-order valence-electron chi connectivity index (χ1n) is 5.20. The van der Waals surface area contributed by atoms with Gasteiger partial charge < -0.3 is 28.5 Å². The molecular formula is C15H15N2O2Y2-3. The average Bonchev–Trinajstić information content (AvgIpc) is 2.41. The van der Waals surface area contributed by atoms with E-state index in [0.717, 1.165) is 12.4 Å². The first-order valence-corrected chi connectivity index (χ1v) is 5.20. The number of aromatic hydroxyl groups is 2. The van der Waals surface area contributed by atoms with E-state index in [-0.39, 0.29) is 84.3 Å². The van der Waals surface area contributed by atoms with Gasteiger partial charge in [-0.05, 0) is 23.3 Å². The molecule has 21 heavy (non-hydrogen) atoms. The molecule has 0 fully saturated rings. The Morgan fingerprint density at radius 2 is 0.952 bits per heavy atom. The second-order valence-corrected chi connectivity index (χ2v) is 3.38. The maximum Gasteiger partial charge on any atom is 0.120 e. The fourth-order valence-electron chi connectivity index (χ4n) is 1.19. The predicted octanol–water partition coefficient (Wildman–Crippen LogP) is 3.21. The van der Waals surface area contributed by atoms with Gasteiger partial charge in [0.25, 0.3) is 0 Å². The molecule has 2 radical (unpaired) electrons. The minimum absolute atomic E-state index is 0. The molecule has 2 aromatic carbocycles. The van der Waals surface area contributed by atoms with E-state index in [1.807, 2.05) is 0 Å². The van der Waals surface area contributed by atoms with Gasteiger partial charge in [0.15, 0.2) is 0 Å². The molecule has 0 aliphatic carbocycles. The van der Waals surface area contributed by atoms with Crippen molar-refractivity contribution in [1.29, 1.82) is 0 Å². The molecule has 0 heterocycles. The Kier molecular flexibility index (Phi) is 17.7. The maximum atomic E-state index is 8.92. The van der Waals surface area contributed by atoms with Gasteiger partial charge in [-0.1, -0.05) is 36.4 Å². The van der Waals surface area contributed by atoms with E-state index in [1.54, 1.807) is 36.4 Å². The zero-order valence-electron chi connectivity index (χ0n) is 11.7. The second-order valence-electron chi connectivity index (χ2n) is 3.38. The van der Waals surface area contributed by atoms with Crippen LogP contribution in [0, 0.1) is 7.43 Å². The molecule has 0 aliphatic rings. The Hall–Kier alpha value is -0.412. The van der Waals surface area contributed by atoms with E-state index in [4.69, 9.17) is 21.0 Å². The molecule has 0 saturated carbocycles. The molecule has 2 aromatic rings. The molecule has 0 amide bonds. The Morgan fingerprint density at radius 3 is 1.14 bits per heavy atom. The van der Waals surface area contributed by atoms with Crippen molar-refractivity contribution in [2.45, 2.75) is 0 Å². The normalized spacial score (nSPS) is 7.62. The molecule has 4 nitrogen and oxygen atoms in total. The van der Waals surface area contributed by atoms with E-state index in [0.29, 0.717) is 11.1 Å². The largest absolute Gasteiger partial charge is 0.810 e. The Balaban J connectivity index is -0.000000270. The van der Waals surface area contributed by atoms with Crippen molar-refractivity contribution in [1.82, 2.24) is 0 Å². The number of rotatable bonds is 2. The zero-order chi connectivity index (χ0) is 13.4. The minimum Gasteiger partial charge on any atom is -0.810 e. The van der Waals surface area contributed by atoms with E-state index >= 15 is 0 Å². The van der Waals surface area contributed by atoms with Crippen LogP contribution in [0.3, 0.4) is 0 Å². The van der Waals surface area contributed by atoms with E-state index in [2.05, 4.69) is 0 Å². The first-order chi connectivity index (χ1) is 8.69. The van der Waals surface area contributed by atoms with Crippen LogP contribution in [0.25, 0.3) is 10.8 Å². The summed E-state index contributed by atoms with van der Waals surface area (Å²) in [5.74, 6) is 0.194. The summed E-state index contributed by atoms with van der Waals surface area (Å²) in [7, 11) is 0. The summed E-state index contributed by atoms with van der Waals surface area (Å²) >= 11 is 0. The van der Waals surface area contributed by atoms with Crippen LogP contribution in [-0.4, -0.2) is 22.6 Å². The smallest absolute Gasteiger partial charge is 0.120 e. The Bertz CT molecular complexity index is 499. The molecule has 0 atom stereocenters. The Labute approximate surface area is 175 Å². The molecule has 0 aliphatic heterocycles. The van der Waals surface area contributed by atoms with Crippen molar-refractivity contribution in [2.75, 3.05) is 0 Å². The average molecular weight is 433 g/mol. The van der Waals surface area contributed by atoms with Gasteiger partial charge in [-0.15, -0.1) is 0 Å². The van der Waals surface area contributed by atoms with E-state index < -0.39 is 0 Å². The van der Waals surface area contributed by atoms with Crippen molar-refractivity contribution >= 4 is 12.4 Å². The third-order valence-electron chi connectivity index (χ3n) is 2.15. The number of phenolic OH excluding ortho intramolecular Hbond substituents is 2. The fourth-order valence-corrected chi connectivity index (χ4v) is 1.19. The van der Waals surface area contributed by atoms with Crippen molar-refractivity contribution < 1.29 is 75.6 Å². The maximum absolute atomic E-state index is 8.92. The number of hydrogen-bond acceptors (Lipinski definition) is 2. The van der Waals surface area contributed by atoms with Crippen LogP contribution in [0.2, 0.25) is 0 Å². The standard InChI is InChI=1S/2C7H6NO.CH3.2Y/c2*8-5-6-3-1-2-4-7(6)9;;;/h2*1-5,9H;1H3;;/q3*-1;;. The number of phenols is 2. The van der Waals surface area contributed by atoms with Crippen molar-refractivity contribution in [3.05, 3.63) is 77.9 Å². The number of nitrogens with zero attached hydrogens (tertiary/aromatic N) is 2. The van der Waals surface area contributed by atoms with Gasteiger partial charge in [0.05, 0.1) is 0 Å². The van der Waals surface area contributed by atoms with Crippen molar-refractivity contribution in [3.8, 4) is 11.5 Å². The van der Waals surface area contributed by atoms with Crippen LogP contribution < -0.4 is 0 Å². The molecular weight excluding hydrogens is 418 g/mol. The molecule has 0 saturated heterocycles. The molecule has 0 aromatic heterocycles. The summed E-state index contributed by atoms with van der Waals surface area (Å²) in [4.78, 5) is 0. The third kappa shape index (κ3) is 9.25. The molecule has 0 bridgehead atoms. The van der Waals surface area contributed by atoms with Gasteiger partial charge >= 0.3 is 0 Å². The molecule has 0 spiro atoms. The number of benzene rings is 2. The summed E-state index contributed by atoms with van der Waals surface area (Å²) < 4.78 is 0. The monoisotopic (exact) mass is 433 g/mol. The second kappa shape index (κ2) is 14.5. The molecule has 106 valence electrons. The minimum atomic E-state index is 0. The predicted molar refractivity (Wildman–Crippen MR) is 79.7 cm³/mol. The summed E-state index contributed by atoms with van der Waals surface area (Å²) in [6.07, 6.45) is 1.74. The Morgan fingerprint density at radius 1 is 0.667 bits per heavy atom. The van der Waals surface area contributed by atoms with Crippen LogP contribution in [0.4, 0.5) is 0 Å². The van der Waals surface area contributed by atoms with E-state index in [1.165, 1.54) is 12.1 Å². The van der Waals surface area contributed by atoms with Crippen LogP contribution in [0.15, 0.2) is 48.5 Å². The van der Waals surface area contributed by atoms with Gasteiger partial charge in [-0.25, -0.2) is 0 Å². The van der Waals surface area contributed by atoms with Crippen LogP contribution >= 0.6 is 0 Å². The van der Waals surface area contributed by atoms with Gasteiger partial charge in [0.1, 0.15) is 11.5 Å². The first kappa shape index (κ1) is 25.5. The summed E-state index contributed by atoms with van der Waals surface area (Å²) in [6, 6.07) is 13.1. The van der Waals surface area contributed by atoms with Crippen LogP contribution in [-0.2, 0) is 65.4 Å². The summed E-state index contributed by atoms with van der Waals surface area (Å²) in [5.41, 5.74) is 0.884.